The Morgan fingerprint density at radius 3 is 2.37 bits per heavy atom. The number of halogens is 2. The summed E-state index contributed by atoms with van der Waals surface area (Å²) in [5.41, 5.74) is -0.262. The summed E-state index contributed by atoms with van der Waals surface area (Å²) >= 11 is 1.47. The first kappa shape index (κ1) is 14.3. The fourth-order valence-electron chi connectivity index (χ4n) is 1.89. The minimum absolute atomic E-state index is 0.220. The largest absolute Gasteiger partial charge is 0.378 e. The molecule has 1 heterocycles. The quantitative estimate of drug-likeness (QED) is 0.799. The van der Waals surface area contributed by atoms with E-state index in [0.717, 1.165) is 9.80 Å². The summed E-state index contributed by atoms with van der Waals surface area (Å²) in [6.45, 7) is 1.06. The molecule has 0 saturated carbocycles. The highest BCUT2D eigenvalue weighted by atomic mass is 32.2. The van der Waals surface area contributed by atoms with Crippen LogP contribution in [0.5, 0.6) is 0 Å². The molecule has 3 nitrogen and oxygen atoms in total. The van der Waals surface area contributed by atoms with Crippen molar-refractivity contribution in [2.45, 2.75) is 10.8 Å². The maximum Gasteiger partial charge on any atom is 0.349 e. The van der Waals surface area contributed by atoms with E-state index in [-0.39, 0.29) is 18.7 Å². The predicted molar refractivity (Wildman–Crippen MR) is 69.5 cm³/mol. The number of hydrogen-bond donors (Lipinski definition) is 0. The number of alkyl halides is 2. The Bertz CT molecular complexity index is 444. The molecule has 1 aliphatic rings. The molecule has 0 bridgehead atoms. The Morgan fingerprint density at radius 2 is 1.84 bits per heavy atom. The van der Waals surface area contributed by atoms with Gasteiger partial charge in [0.05, 0.1) is 13.2 Å². The Balaban J connectivity index is 2.17. The van der Waals surface area contributed by atoms with Gasteiger partial charge in [-0.05, 0) is 18.4 Å². The highest BCUT2D eigenvalue weighted by Crippen LogP contribution is 2.31. The molecular weight excluding hydrogens is 272 g/mol. The Labute approximate surface area is 114 Å². The van der Waals surface area contributed by atoms with Crippen LogP contribution in [0, 0.1) is 0 Å². The average Bonchev–Trinajstić information content (AvgIpc) is 2.47. The average molecular weight is 287 g/mol. The summed E-state index contributed by atoms with van der Waals surface area (Å²) < 4.78 is 33.3. The van der Waals surface area contributed by atoms with E-state index in [4.69, 9.17) is 4.74 Å². The third-order valence-corrected chi connectivity index (χ3v) is 3.76. The van der Waals surface area contributed by atoms with Crippen molar-refractivity contribution in [1.82, 2.24) is 4.90 Å². The first-order chi connectivity index (χ1) is 9.05. The fraction of sp³-hybridized carbons (Fsp3) is 0.462. The second kappa shape index (κ2) is 5.88. The summed E-state index contributed by atoms with van der Waals surface area (Å²) in [5, 5.41) is 0. The van der Waals surface area contributed by atoms with Gasteiger partial charge < -0.3 is 9.64 Å². The van der Waals surface area contributed by atoms with E-state index in [9.17, 15) is 13.6 Å². The summed E-state index contributed by atoms with van der Waals surface area (Å²) in [6, 6.07) is 5.81. The van der Waals surface area contributed by atoms with Crippen molar-refractivity contribution in [3.05, 3.63) is 29.8 Å². The molecule has 2 rings (SSSR count). The van der Waals surface area contributed by atoms with Gasteiger partial charge in [0.1, 0.15) is 0 Å². The molecule has 19 heavy (non-hydrogen) atoms. The molecule has 1 saturated heterocycles. The van der Waals surface area contributed by atoms with Crippen molar-refractivity contribution in [1.29, 1.82) is 0 Å². The van der Waals surface area contributed by atoms with Crippen molar-refractivity contribution in [3.8, 4) is 0 Å². The fourth-order valence-corrected chi connectivity index (χ4v) is 2.30. The van der Waals surface area contributed by atoms with Gasteiger partial charge in [-0.3, -0.25) is 4.79 Å². The van der Waals surface area contributed by atoms with Crippen molar-refractivity contribution in [2.75, 3.05) is 32.6 Å². The number of hydrogen-bond acceptors (Lipinski definition) is 3. The van der Waals surface area contributed by atoms with Crippen molar-refractivity contribution >= 4 is 17.7 Å². The summed E-state index contributed by atoms with van der Waals surface area (Å²) in [4.78, 5) is 13.9. The first-order valence-corrected chi connectivity index (χ1v) is 7.17. The molecule has 1 aromatic rings. The van der Waals surface area contributed by atoms with Gasteiger partial charge in [0.2, 0.25) is 0 Å². The molecule has 104 valence electrons. The first-order valence-electron chi connectivity index (χ1n) is 5.95. The number of nitrogens with zero attached hydrogens (tertiary/aromatic N) is 1. The van der Waals surface area contributed by atoms with E-state index in [2.05, 4.69) is 0 Å². The van der Waals surface area contributed by atoms with Gasteiger partial charge in [-0.2, -0.15) is 8.78 Å². The second-order valence-electron chi connectivity index (χ2n) is 4.21. The van der Waals surface area contributed by atoms with Gasteiger partial charge in [0.25, 0.3) is 5.91 Å². The minimum atomic E-state index is -3.48. The SMILES string of the molecule is CSc1ccc(C(F)(F)C(=O)N2CCOCC2)cc1. The molecule has 1 aromatic carbocycles. The Morgan fingerprint density at radius 1 is 1.26 bits per heavy atom. The lowest BCUT2D eigenvalue weighted by Gasteiger charge is -2.30. The summed E-state index contributed by atoms with van der Waals surface area (Å²) in [5.74, 6) is -4.62. The van der Waals surface area contributed by atoms with Gasteiger partial charge in [-0.15, -0.1) is 11.8 Å². The normalized spacial score (nSPS) is 16.5. The van der Waals surface area contributed by atoms with Crippen LogP contribution >= 0.6 is 11.8 Å². The van der Waals surface area contributed by atoms with Crippen LogP contribution in [0.15, 0.2) is 29.2 Å². The van der Waals surface area contributed by atoms with Crippen molar-refractivity contribution in [3.63, 3.8) is 0 Å². The number of ether oxygens (including phenoxy) is 1. The number of morpholine rings is 1. The molecule has 0 unspecified atom stereocenters. The lowest BCUT2D eigenvalue weighted by Crippen LogP contribution is -2.47. The summed E-state index contributed by atoms with van der Waals surface area (Å²) in [7, 11) is 0. The van der Waals surface area contributed by atoms with E-state index in [1.807, 2.05) is 6.26 Å². The lowest BCUT2D eigenvalue weighted by atomic mass is 10.1. The van der Waals surface area contributed by atoms with Crippen LogP contribution in [0.2, 0.25) is 0 Å². The molecule has 0 aromatic heterocycles. The zero-order chi connectivity index (χ0) is 13.9. The van der Waals surface area contributed by atoms with Crippen LogP contribution in [0.25, 0.3) is 0 Å². The van der Waals surface area contributed by atoms with Gasteiger partial charge >= 0.3 is 5.92 Å². The zero-order valence-electron chi connectivity index (χ0n) is 10.6. The molecule has 0 N–H and O–H groups in total. The number of rotatable bonds is 3. The number of benzene rings is 1. The van der Waals surface area contributed by atoms with E-state index < -0.39 is 11.8 Å². The van der Waals surface area contributed by atoms with Crippen molar-refractivity contribution in [2.24, 2.45) is 0 Å². The van der Waals surface area contributed by atoms with Gasteiger partial charge in [0.15, 0.2) is 0 Å². The molecule has 0 spiro atoms. The lowest BCUT2D eigenvalue weighted by molar-refractivity contribution is -0.163. The number of carbonyl (C=O) groups is 1. The number of thioether (sulfide) groups is 1. The van der Waals surface area contributed by atoms with Crippen LogP contribution in [0.3, 0.4) is 0 Å². The maximum absolute atomic E-state index is 14.1. The van der Waals surface area contributed by atoms with Crippen molar-refractivity contribution < 1.29 is 18.3 Å². The molecule has 0 radical (unpaired) electrons. The Hall–Kier alpha value is -1.14. The van der Waals surface area contributed by atoms with Crippen LogP contribution in [-0.4, -0.2) is 43.4 Å². The summed E-state index contributed by atoms with van der Waals surface area (Å²) in [6.07, 6.45) is 1.87. The van der Waals surface area contributed by atoms with Crippen LogP contribution in [0.1, 0.15) is 5.56 Å². The second-order valence-corrected chi connectivity index (χ2v) is 5.09. The van der Waals surface area contributed by atoms with E-state index in [1.54, 1.807) is 12.1 Å². The molecular formula is C13H15F2NO2S. The van der Waals surface area contributed by atoms with Gasteiger partial charge in [-0.25, -0.2) is 0 Å². The van der Waals surface area contributed by atoms with Gasteiger partial charge in [0, 0.05) is 23.5 Å². The van der Waals surface area contributed by atoms with E-state index in [1.165, 1.54) is 23.9 Å². The van der Waals surface area contributed by atoms with Crippen LogP contribution < -0.4 is 0 Å². The molecule has 6 heteroatoms. The third kappa shape index (κ3) is 3.06. The van der Waals surface area contributed by atoms with E-state index in [0.29, 0.717) is 13.2 Å². The monoisotopic (exact) mass is 287 g/mol. The smallest absolute Gasteiger partial charge is 0.349 e. The Kier molecular flexibility index (Phi) is 4.42. The number of amides is 1. The minimum Gasteiger partial charge on any atom is -0.378 e. The molecule has 0 aliphatic carbocycles. The molecule has 1 fully saturated rings. The van der Waals surface area contributed by atoms with Crippen LogP contribution in [0.4, 0.5) is 8.78 Å². The highest BCUT2D eigenvalue weighted by Gasteiger charge is 2.44. The molecule has 1 aliphatic heterocycles. The maximum atomic E-state index is 14.1. The number of carbonyl (C=O) groups excluding carboxylic acids is 1. The predicted octanol–water partition coefficient (Wildman–Crippen LogP) is 2.36. The zero-order valence-corrected chi connectivity index (χ0v) is 11.4. The van der Waals surface area contributed by atoms with Gasteiger partial charge in [-0.1, -0.05) is 12.1 Å². The standard InChI is InChI=1S/C13H15F2NO2S/c1-19-11-4-2-10(3-5-11)13(14,15)12(17)16-6-8-18-9-7-16/h2-5H,6-9H2,1H3. The third-order valence-electron chi connectivity index (χ3n) is 3.02. The topological polar surface area (TPSA) is 29.5 Å². The molecule has 0 atom stereocenters. The highest BCUT2D eigenvalue weighted by molar-refractivity contribution is 7.98. The molecule has 1 amide bonds. The van der Waals surface area contributed by atoms with E-state index >= 15 is 0 Å². The van der Waals surface area contributed by atoms with Crippen LogP contribution in [-0.2, 0) is 15.5 Å².